The molecule has 5 nitrogen and oxygen atoms in total. The number of hydrogen-bond donors (Lipinski definition) is 0. The van der Waals surface area contributed by atoms with Crippen molar-refractivity contribution in [1.29, 1.82) is 0 Å². The largest absolute Gasteiger partial charge is 0.493 e. The van der Waals surface area contributed by atoms with Crippen LogP contribution in [-0.4, -0.2) is 35.6 Å². The summed E-state index contributed by atoms with van der Waals surface area (Å²) >= 11 is 6.54. The number of hydrogen-bond acceptors (Lipinski definition) is 5. The van der Waals surface area contributed by atoms with Crippen molar-refractivity contribution < 1.29 is 9.47 Å². The second-order valence-corrected chi connectivity index (χ2v) is 7.14. The molecular weight excluding hydrogens is 374 g/mol. The summed E-state index contributed by atoms with van der Waals surface area (Å²) in [5.41, 5.74) is 4.36. The highest BCUT2D eigenvalue weighted by atomic mass is 35.5. The minimum absolute atomic E-state index is 0.579. The lowest BCUT2D eigenvalue weighted by Gasteiger charge is -2.28. The maximum atomic E-state index is 6.54. The average molecular weight is 396 g/mol. The van der Waals surface area contributed by atoms with Crippen LogP contribution >= 0.6 is 11.6 Å². The van der Waals surface area contributed by atoms with Crippen LogP contribution in [0.1, 0.15) is 16.8 Å². The molecule has 1 aromatic heterocycles. The van der Waals surface area contributed by atoms with Crippen molar-refractivity contribution in [3.8, 4) is 22.9 Å². The van der Waals surface area contributed by atoms with Crippen LogP contribution in [0.25, 0.3) is 11.4 Å². The van der Waals surface area contributed by atoms with E-state index in [9.17, 15) is 0 Å². The number of aromatic nitrogens is 2. The molecule has 28 heavy (non-hydrogen) atoms. The summed E-state index contributed by atoms with van der Waals surface area (Å²) in [6.45, 7) is 2.46. The minimum atomic E-state index is 0.579. The van der Waals surface area contributed by atoms with Gasteiger partial charge in [-0.05, 0) is 11.6 Å². The van der Waals surface area contributed by atoms with E-state index in [1.807, 2.05) is 48.7 Å². The second kappa shape index (κ2) is 8.17. The van der Waals surface area contributed by atoms with Crippen LogP contribution in [0.5, 0.6) is 11.5 Å². The van der Waals surface area contributed by atoms with Crippen LogP contribution in [0.2, 0.25) is 5.02 Å². The van der Waals surface area contributed by atoms with E-state index in [2.05, 4.69) is 9.88 Å². The molecule has 0 spiro atoms. The second-order valence-electron chi connectivity index (χ2n) is 6.77. The zero-order valence-electron chi connectivity index (χ0n) is 16.0. The first-order valence-electron chi connectivity index (χ1n) is 9.21. The first kappa shape index (κ1) is 18.7. The number of nitrogens with zero attached hydrogens (tertiary/aromatic N) is 3. The summed E-state index contributed by atoms with van der Waals surface area (Å²) in [7, 11) is 3.21. The highest BCUT2D eigenvalue weighted by Crippen LogP contribution is 2.38. The molecule has 3 aromatic rings. The molecule has 0 atom stereocenters. The third-order valence-corrected chi connectivity index (χ3v) is 5.42. The number of methoxy groups -OCH3 is 2. The summed E-state index contributed by atoms with van der Waals surface area (Å²) in [5, 5.41) is 0.600. The van der Waals surface area contributed by atoms with Crippen LogP contribution in [-0.2, 0) is 19.5 Å². The molecular formula is C22H22ClN3O2. The predicted molar refractivity (Wildman–Crippen MR) is 110 cm³/mol. The zero-order valence-corrected chi connectivity index (χ0v) is 16.7. The maximum absolute atomic E-state index is 6.54. The Bertz CT molecular complexity index is 979. The Labute approximate surface area is 169 Å². The van der Waals surface area contributed by atoms with E-state index < -0.39 is 0 Å². The lowest BCUT2D eigenvalue weighted by molar-refractivity contribution is 0.242. The molecule has 2 aromatic carbocycles. The first-order chi connectivity index (χ1) is 13.7. The SMILES string of the molecule is COc1ccc(CN2CCc3nc(-c4ccccc4)ncc3C2)c(Cl)c1OC. The van der Waals surface area contributed by atoms with Gasteiger partial charge in [-0.25, -0.2) is 9.97 Å². The van der Waals surface area contributed by atoms with E-state index in [-0.39, 0.29) is 0 Å². The van der Waals surface area contributed by atoms with E-state index in [4.69, 9.17) is 26.1 Å². The normalized spacial score (nSPS) is 13.8. The molecule has 0 N–H and O–H groups in total. The molecule has 2 heterocycles. The predicted octanol–water partition coefficient (Wildman–Crippen LogP) is 4.37. The molecule has 144 valence electrons. The molecule has 0 aliphatic carbocycles. The Hall–Kier alpha value is -2.63. The smallest absolute Gasteiger partial charge is 0.179 e. The Morgan fingerprint density at radius 3 is 2.64 bits per heavy atom. The topological polar surface area (TPSA) is 47.5 Å². The first-order valence-corrected chi connectivity index (χ1v) is 9.59. The van der Waals surface area contributed by atoms with Crippen LogP contribution in [0.3, 0.4) is 0 Å². The fraction of sp³-hybridized carbons (Fsp3) is 0.273. The molecule has 6 heteroatoms. The van der Waals surface area contributed by atoms with Crippen molar-refractivity contribution >= 4 is 11.6 Å². The Morgan fingerprint density at radius 2 is 1.89 bits per heavy atom. The summed E-state index contributed by atoms with van der Waals surface area (Å²) < 4.78 is 10.7. The van der Waals surface area contributed by atoms with Gasteiger partial charge in [0.1, 0.15) is 0 Å². The van der Waals surface area contributed by atoms with E-state index >= 15 is 0 Å². The fourth-order valence-electron chi connectivity index (χ4n) is 3.53. The van der Waals surface area contributed by atoms with Gasteiger partial charge < -0.3 is 9.47 Å². The van der Waals surface area contributed by atoms with Gasteiger partial charge in [-0.1, -0.05) is 48.0 Å². The summed E-state index contributed by atoms with van der Waals surface area (Å²) in [4.78, 5) is 11.7. The Morgan fingerprint density at radius 1 is 1.07 bits per heavy atom. The summed E-state index contributed by atoms with van der Waals surface area (Å²) in [6.07, 6.45) is 2.84. The molecule has 0 bridgehead atoms. The van der Waals surface area contributed by atoms with Gasteiger partial charge >= 0.3 is 0 Å². The van der Waals surface area contributed by atoms with Crippen molar-refractivity contribution in [2.75, 3.05) is 20.8 Å². The Kier molecular flexibility index (Phi) is 5.46. The minimum Gasteiger partial charge on any atom is -0.493 e. The highest BCUT2D eigenvalue weighted by Gasteiger charge is 2.21. The lowest BCUT2D eigenvalue weighted by atomic mass is 10.1. The van der Waals surface area contributed by atoms with Crippen LogP contribution in [0.4, 0.5) is 0 Å². The van der Waals surface area contributed by atoms with Crippen molar-refractivity contribution in [3.63, 3.8) is 0 Å². The number of halogens is 1. The summed E-state index contributed by atoms with van der Waals surface area (Å²) in [6, 6.07) is 14.0. The number of ether oxygens (including phenoxy) is 2. The van der Waals surface area contributed by atoms with E-state index in [0.717, 1.165) is 48.7 Å². The van der Waals surface area contributed by atoms with Gasteiger partial charge in [-0.3, -0.25) is 4.90 Å². The molecule has 0 amide bonds. The van der Waals surface area contributed by atoms with E-state index in [1.165, 1.54) is 5.56 Å². The summed E-state index contributed by atoms with van der Waals surface area (Å²) in [5.74, 6) is 2.01. The molecule has 0 saturated carbocycles. The third-order valence-electron chi connectivity index (χ3n) is 5.00. The van der Waals surface area contributed by atoms with Crippen LogP contribution in [0.15, 0.2) is 48.7 Å². The van der Waals surface area contributed by atoms with Crippen LogP contribution in [0, 0.1) is 0 Å². The highest BCUT2D eigenvalue weighted by molar-refractivity contribution is 6.33. The van der Waals surface area contributed by atoms with E-state index in [1.54, 1.807) is 14.2 Å². The van der Waals surface area contributed by atoms with Gasteiger partial charge in [0.15, 0.2) is 17.3 Å². The van der Waals surface area contributed by atoms with Gasteiger partial charge in [-0.15, -0.1) is 0 Å². The molecule has 0 unspecified atom stereocenters. The molecule has 1 aliphatic rings. The van der Waals surface area contributed by atoms with Crippen molar-refractivity contribution in [2.45, 2.75) is 19.5 Å². The number of fused-ring (bicyclic) bond motifs is 1. The van der Waals surface area contributed by atoms with E-state index in [0.29, 0.717) is 16.5 Å². The van der Waals surface area contributed by atoms with Gasteiger partial charge in [0.25, 0.3) is 0 Å². The van der Waals surface area contributed by atoms with Gasteiger partial charge in [0, 0.05) is 43.4 Å². The monoisotopic (exact) mass is 395 g/mol. The van der Waals surface area contributed by atoms with Crippen molar-refractivity contribution in [1.82, 2.24) is 14.9 Å². The number of rotatable bonds is 5. The van der Waals surface area contributed by atoms with Gasteiger partial charge in [0.2, 0.25) is 0 Å². The molecule has 0 saturated heterocycles. The Balaban J connectivity index is 1.52. The maximum Gasteiger partial charge on any atom is 0.179 e. The molecule has 4 rings (SSSR count). The van der Waals surface area contributed by atoms with Gasteiger partial charge in [0.05, 0.1) is 24.9 Å². The van der Waals surface area contributed by atoms with Gasteiger partial charge in [-0.2, -0.15) is 0 Å². The molecule has 0 radical (unpaired) electrons. The lowest BCUT2D eigenvalue weighted by Crippen LogP contribution is -2.31. The average Bonchev–Trinajstić information content (AvgIpc) is 2.75. The third kappa shape index (κ3) is 3.68. The van der Waals surface area contributed by atoms with Crippen LogP contribution < -0.4 is 9.47 Å². The fourth-order valence-corrected chi connectivity index (χ4v) is 3.82. The molecule has 0 fully saturated rings. The van der Waals surface area contributed by atoms with Crippen molar-refractivity contribution in [3.05, 3.63) is 70.5 Å². The number of benzene rings is 2. The quantitative estimate of drug-likeness (QED) is 0.641. The zero-order chi connectivity index (χ0) is 19.5. The molecule has 1 aliphatic heterocycles. The van der Waals surface area contributed by atoms with Crippen molar-refractivity contribution in [2.24, 2.45) is 0 Å². The standard InChI is InChI=1S/C22H22ClN3O2/c1-27-19-9-8-16(20(23)21(19)28-2)13-26-11-10-18-17(14-26)12-24-22(25-18)15-6-4-3-5-7-15/h3-9,12H,10-11,13-14H2,1-2H3.